The van der Waals surface area contributed by atoms with Crippen molar-refractivity contribution < 1.29 is 19.0 Å². The van der Waals surface area contributed by atoms with Crippen LogP contribution in [0.4, 0.5) is 5.69 Å². The van der Waals surface area contributed by atoms with Gasteiger partial charge in [-0.05, 0) is 56.3 Å². The summed E-state index contributed by atoms with van der Waals surface area (Å²) in [5.41, 5.74) is 1.24. The molecule has 2 aromatic carbocycles. The van der Waals surface area contributed by atoms with Gasteiger partial charge in [0, 0.05) is 17.7 Å². The topological polar surface area (TPSA) is 56.8 Å². The van der Waals surface area contributed by atoms with E-state index in [0.29, 0.717) is 36.0 Å². The third kappa shape index (κ3) is 3.98. The van der Waals surface area contributed by atoms with Crippen LogP contribution in [0.1, 0.15) is 30.6 Å². The van der Waals surface area contributed by atoms with Gasteiger partial charge in [-0.1, -0.05) is 0 Å². The molecule has 1 heterocycles. The van der Waals surface area contributed by atoms with Gasteiger partial charge in [0.1, 0.15) is 5.75 Å². The van der Waals surface area contributed by atoms with Crippen molar-refractivity contribution in [1.29, 1.82) is 0 Å². The highest BCUT2D eigenvalue weighted by atomic mass is 16.5. The average molecular weight is 327 g/mol. The maximum atomic E-state index is 12.4. The minimum absolute atomic E-state index is 0.118. The van der Waals surface area contributed by atoms with Crippen LogP contribution in [0.25, 0.3) is 0 Å². The standard InChI is InChI=1S/C19H21NO4/c1-13(2)24-16-7-5-15(6-8-16)20-19(21)14-4-9-17-18(12-14)23-11-3-10-22-17/h4-9,12-13H,3,10-11H2,1-2H3,(H,20,21). The molecule has 2 aromatic rings. The SMILES string of the molecule is CC(C)Oc1ccc(NC(=O)c2ccc3c(c2)OCCCO3)cc1. The van der Waals surface area contributed by atoms with E-state index < -0.39 is 0 Å². The van der Waals surface area contributed by atoms with Crippen LogP contribution in [0.5, 0.6) is 17.2 Å². The van der Waals surface area contributed by atoms with Crippen LogP contribution in [-0.2, 0) is 0 Å². The van der Waals surface area contributed by atoms with Crippen LogP contribution >= 0.6 is 0 Å². The van der Waals surface area contributed by atoms with Crippen LogP contribution < -0.4 is 19.5 Å². The summed E-state index contributed by atoms with van der Waals surface area (Å²) in [4.78, 5) is 12.4. The molecule has 0 fully saturated rings. The summed E-state index contributed by atoms with van der Waals surface area (Å²) < 4.78 is 16.8. The van der Waals surface area contributed by atoms with Crippen molar-refractivity contribution in [2.45, 2.75) is 26.4 Å². The van der Waals surface area contributed by atoms with Gasteiger partial charge >= 0.3 is 0 Å². The molecule has 5 nitrogen and oxygen atoms in total. The molecule has 1 N–H and O–H groups in total. The molecule has 126 valence electrons. The first-order chi connectivity index (χ1) is 11.6. The fourth-order valence-electron chi connectivity index (χ4n) is 2.40. The highest BCUT2D eigenvalue weighted by molar-refractivity contribution is 6.04. The summed E-state index contributed by atoms with van der Waals surface area (Å²) in [5.74, 6) is 1.88. The highest BCUT2D eigenvalue weighted by Gasteiger charge is 2.14. The zero-order valence-electron chi connectivity index (χ0n) is 13.9. The van der Waals surface area contributed by atoms with Crippen LogP contribution in [-0.4, -0.2) is 25.2 Å². The number of benzene rings is 2. The monoisotopic (exact) mass is 327 g/mol. The third-order valence-corrected chi connectivity index (χ3v) is 3.49. The van der Waals surface area contributed by atoms with E-state index in [-0.39, 0.29) is 12.0 Å². The predicted octanol–water partition coefficient (Wildman–Crippen LogP) is 3.89. The molecule has 1 aliphatic rings. The molecule has 0 aliphatic carbocycles. The van der Waals surface area contributed by atoms with E-state index in [2.05, 4.69) is 5.32 Å². The predicted molar refractivity (Wildman–Crippen MR) is 92.2 cm³/mol. The van der Waals surface area contributed by atoms with Crippen molar-refractivity contribution >= 4 is 11.6 Å². The molecule has 0 unspecified atom stereocenters. The Bertz CT molecular complexity index is 710. The molecule has 3 rings (SSSR count). The molecule has 0 spiro atoms. The Kier molecular flexibility index (Phi) is 4.89. The van der Waals surface area contributed by atoms with Gasteiger partial charge in [0.25, 0.3) is 5.91 Å². The lowest BCUT2D eigenvalue weighted by Crippen LogP contribution is -2.12. The molecule has 24 heavy (non-hydrogen) atoms. The quantitative estimate of drug-likeness (QED) is 0.925. The van der Waals surface area contributed by atoms with Crippen molar-refractivity contribution in [2.24, 2.45) is 0 Å². The van der Waals surface area contributed by atoms with Crippen molar-refractivity contribution in [3.8, 4) is 17.2 Å². The molecule has 0 radical (unpaired) electrons. The zero-order chi connectivity index (χ0) is 16.9. The fourth-order valence-corrected chi connectivity index (χ4v) is 2.40. The Morgan fingerprint density at radius 3 is 2.46 bits per heavy atom. The van der Waals surface area contributed by atoms with Crippen LogP contribution in [0.2, 0.25) is 0 Å². The molecule has 0 bridgehead atoms. The summed E-state index contributed by atoms with van der Waals surface area (Å²) in [6.45, 7) is 5.17. The van der Waals surface area contributed by atoms with Crippen molar-refractivity contribution in [1.82, 2.24) is 0 Å². The summed E-state index contributed by atoms with van der Waals surface area (Å²) in [5, 5.41) is 2.87. The van der Waals surface area contributed by atoms with E-state index in [1.54, 1.807) is 18.2 Å². The van der Waals surface area contributed by atoms with Gasteiger partial charge < -0.3 is 19.5 Å². The Labute approximate surface area is 141 Å². The number of ether oxygens (including phenoxy) is 3. The Morgan fingerprint density at radius 1 is 1.04 bits per heavy atom. The Hall–Kier alpha value is -2.69. The molecule has 0 saturated carbocycles. The maximum Gasteiger partial charge on any atom is 0.255 e. The van der Waals surface area contributed by atoms with E-state index in [1.807, 2.05) is 38.1 Å². The maximum absolute atomic E-state index is 12.4. The minimum atomic E-state index is -0.192. The van der Waals surface area contributed by atoms with Crippen molar-refractivity contribution in [3.05, 3.63) is 48.0 Å². The smallest absolute Gasteiger partial charge is 0.255 e. The Morgan fingerprint density at radius 2 is 1.75 bits per heavy atom. The van der Waals surface area contributed by atoms with Gasteiger partial charge in [0.2, 0.25) is 0 Å². The highest BCUT2D eigenvalue weighted by Crippen LogP contribution is 2.30. The number of amides is 1. The Balaban J connectivity index is 1.69. The molecular formula is C19H21NO4. The zero-order valence-corrected chi connectivity index (χ0v) is 13.9. The van der Waals surface area contributed by atoms with Gasteiger partial charge in [-0.3, -0.25) is 4.79 Å². The van der Waals surface area contributed by atoms with E-state index >= 15 is 0 Å². The first kappa shape index (κ1) is 16.2. The molecular weight excluding hydrogens is 306 g/mol. The summed E-state index contributed by atoms with van der Waals surface area (Å²) in [6, 6.07) is 12.5. The number of hydrogen-bond acceptors (Lipinski definition) is 4. The number of fused-ring (bicyclic) bond motifs is 1. The second-order valence-electron chi connectivity index (χ2n) is 5.86. The van der Waals surface area contributed by atoms with Gasteiger partial charge in [-0.2, -0.15) is 0 Å². The summed E-state index contributed by atoms with van der Waals surface area (Å²) in [7, 11) is 0. The minimum Gasteiger partial charge on any atom is -0.491 e. The number of carbonyl (C=O) groups excluding carboxylic acids is 1. The number of hydrogen-bond donors (Lipinski definition) is 1. The molecule has 0 saturated heterocycles. The van der Waals surface area contributed by atoms with Crippen LogP contribution in [0.15, 0.2) is 42.5 Å². The largest absolute Gasteiger partial charge is 0.491 e. The number of rotatable bonds is 4. The second kappa shape index (κ2) is 7.25. The third-order valence-electron chi connectivity index (χ3n) is 3.49. The number of anilines is 1. The fraction of sp³-hybridized carbons (Fsp3) is 0.316. The van der Waals surface area contributed by atoms with E-state index in [4.69, 9.17) is 14.2 Å². The normalized spacial score (nSPS) is 13.3. The van der Waals surface area contributed by atoms with E-state index in [9.17, 15) is 4.79 Å². The van der Waals surface area contributed by atoms with Crippen LogP contribution in [0.3, 0.4) is 0 Å². The van der Waals surface area contributed by atoms with Gasteiger partial charge in [0.05, 0.1) is 19.3 Å². The lowest BCUT2D eigenvalue weighted by molar-refractivity contribution is 0.102. The number of nitrogens with one attached hydrogen (secondary N) is 1. The van der Waals surface area contributed by atoms with Crippen molar-refractivity contribution in [2.75, 3.05) is 18.5 Å². The van der Waals surface area contributed by atoms with Gasteiger partial charge in [-0.15, -0.1) is 0 Å². The van der Waals surface area contributed by atoms with Crippen LogP contribution in [0, 0.1) is 0 Å². The summed E-state index contributed by atoms with van der Waals surface area (Å²) >= 11 is 0. The molecule has 0 atom stereocenters. The van der Waals surface area contributed by atoms with E-state index in [0.717, 1.165) is 12.2 Å². The number of carbonyl (C=O) groups is 1. The first-order valence-corrected chi connectivity index (χ1v) is 8.09. The van der Waals surface area contributed by atoms with Gasteiger partial charge in [-0.25, -0.2) is 0 Å². The molecule has 1 amide bonds. The molecule has 5 heteroatoms. The average Bonchev–Trinajstić information content (AvgIpc) is 2.80. The molecule has 1 aliphatic heterocycles. The second-order valence-corrected chi connectivity index (χ2v) is 5.86. The first-order valence-electron chi connectivity index (χ1n) is 8.09. The van der Waals surface area contributed by atoms with Gasteiger partial charge in [0.15, 0.2) is 11.5 Å². The lowest BCUT2D eigenvalue weighted by Gasteiger charge is -2.11. The molecule has 0 aromatic heterocycles. The van der Waals surface area contributed by atoms with E-state index in [1.165, 1.54) is 0 Å². The van der Waals surface area contributed by atoms with Crippen molar-refractivity contribution in [3.63, 3.8) is 0 Å². The summed E-state index contributed by atoms with van der Waals surface area (Å²) in [6.07, 6.45) is 0.952. The lowest BCUT2D eigenvalue weighted by atomic mass is 10.2.